The van der Waals surface area contributed by atoms with Gasteiger partial charge >= 0.3 is 108 Å². The van der Waals surface area contributed by atoms with Gasteiger partial charge in [0.25, 0.3) is 0 Å². The van der Waals surface area contributed by atoms with Crippen molar-refractivity contribution in [2.24, 2.45) is 0 Å². The quantitative estimate of drug-likeness (QED) is 0.0303. The number of benzene rings is 6. The smallest absolute Gasteiger partial charge is 0.626 e. The van der Waals surface area contributed by atoms with Crippen LogP contribution in [0.25, 0.3) is 75.1 Å². The molecule has 0 unspecified atom stereocenters. The van der Waals surface area contributed by atoms with Crippen LogP contribution in [-0.4, -0.2) is 139 Å². The zero-order chi connectivity index (χ0) is 69.0. The molecule has 0 atom stereocenters. The Balaban J connectivity index is 0.000000158. The molecule has 97 heavy (non-hydrogen) atoms. The first kappa shape index (κ1) is 71.6. The van der Waals surface area contributed by atoms with Crippen LogP contribution in [0.2, 0.25) is 0 Å². The summed E-state index contributed by atoms with van der Waals surface area (Å²) in [5.74, 6) is 3.85. The van der Waals surface area contributed by atoms with Gasteiger partial charge in [-0.1, -0.05) is 48.5 Å². The summed E-state index contributed by atoms with van der Waals surface area (Å²) in [5.41, 5.74) is 7.19. The van der Waals surface area contributed by atoms with Crippen LogP contribution in [0.5, 0.6) is 46.0 Å². The molecule has 6 aromatic heterocycles. The summed E-state index contributed by atoms with van der Waals surface area (Å²) in [7, 11) is 3.30. The van der Waals surface area contributed by atoms with E-state index in [1.54, 1.807) is 64.5 Å². The molecular formula is C66H48Al6F6N8O11. The third kappa shape index (κ3) is 17.9. The second-order valence-corrected chi connectivity index (χ2v) is 26.8. The molecule has 0 bridgehead atoms. The second-order valence-electron chi connectivity index (χ2n) is 21.0. The van der Waals surface area contributed by atoms with Crippen molar-refractivity contribution in [1.82, 2.24) is 29.9 Å². The summed E-state index contributed by atoms with van der Waals surface area (Å²) in [5, 5.41) is 3.82. The lowest BCUT2D eigenvalue weighted by Crippen LogP contribution is -2.17. The fraction of sp³-hybridized carbons (Fsp3) is 0.152. The zero-order valence-electron chi connectivity index (χ0n) is 52.7. The summed E-state index contributed by atoms with van der Waals surface area (Å²) >= 11 is -5.85. The van der Waals surface area contributed by atoms with Crippen molar-refractivity contribution < 1.29 is 67.1 Å². The third-order valence-electron chi connectivity index (χ3n) is 14.2. The molecule has 0 fully saturated rings. The number of aromatic nitrogens is 6. The summed E-state index contributed by atoms with van der Waals surface area (Å²) in [6.45, 7) is 25.7. The van der Waals surface area contributed by atoms with E-state index in [4.69, 9.17) is 53.9 Å². The van der Waals surface area contributed by atoms with E-state index in [9.17, 15) is 26.3 Å². The summed E-state index contributed by atoms with van der Waals surface area (Å²) in [4.78, 5) is 33.8. The summed E-state index contributed by atoms with van der Waals surface area (Å²) < 4.78 is 142. The minimum absolute atomic E-state index is 0.102. The van der Waals surface area contributed by atoms with Crippen molar-refractivity contribution in [3.8, 4) is 46.0 Å². The number of hydrogen-bond donors (Lipinski definition) is 0. The molecule has 0 aliphatic carbocycles. The molecule has 0 aliphatic rings. The summed E-state index contributed by atoms with van der Waals surface area (Å²) in [6, 6.07) is 39.6. The Morgan fingerprint density at radius 1 is 0.320 bits per heavy atom. The maximum atomic E-state index is 13.3. The average Bonchev–Trinajstić information content (AvgIpc) is 0.839. The van der Waals surface area contributed by atoms with Crippen LogP contribution in [0.15, 0.2) is 146 Å². The number of fused-ring (bicyclic) bond motifs is 6. The molecule has 19 nitrogen and oxygen atoms in total. The second kappa shape index (κ2) is 32.4. The first-order valence-electron chi connectivity index (χ1n) is 28.9. The Hall–Kier alpha value is -8.19. The average molecular weight is 1410 g/mol. The maximum absolute atomic E-state index is 13.3. The van der Waals surface area contributed by atoms with E-state index in [0.717, 1.165) is 91.1 Å². The van der Waals surface area contributed by atoms with E-state index in [0.29, 0.717) is 56.8 Å². The standard InChI is InChI=1S/2C11H8F3NO.2C11H8N2O.2C11H11NO2.6Al.3O/c2*1-6-2-3-7-4-8(11(12,13)14)5-9(16)10(7)15-6;2*1-7-3-4-8-9(12-2)5-6-10(14)11(8)13-7;2*1-7-6-10(14-2)8-4-3-5-9(13)11(8)12-7;;;;;;;;;/h2*2-5,16H,1H3;2*3-6,14H,1H3;2*3-6,13H,1-2H3;;;;;;;;;/q;;;;;;6*+1;;;/p-6. The minimum atomic E-state index is -4.59. The van der Waals surface area contributed by atoms with Crippen molar-refractivity contribution >= 4 is 172 Å². The highest BCUT2D eigenvalue weighted by Gasteiger charge is 2.33. The molecule has 31 heteroatoms. The molecule has 12 rings (SSSR count). The highest BCUT2D eigenvalue weighted by molar-refractivity contribution is 6.37. The van der Waals surface area contributed by atoms with E-state index in [2.05, 4.69) is 39.6 Å². The molecule has 6 aromatic carbocycles. The lowest BCUT2D eigenvalue weighted by Gasteiger charge is -2.15. The molecule has 0 aliphatic heterocycles. The lowest BCUT2D eigenvalue weighted by molar-refractivity contribution is -0.138. The van der Waals surface area contributed by atoms with Crippen molar-refractivity contribution in [3.63, 3.8) is 0 Å². The topological polar surface area (TPSA) is 188 Å². The van der Waals surface area contributed by atoms with E-state index in [1.165, 1.54) is 12.1 Å². The number of methoxy groups -OCH3 is 2. The Labute approximate surface area is 592 Å². The van der Waals surface area contributed by atoms with Crippen molar-refractivity contribution in [2.75, 3.05) is 14.2 Å². The van der Waals surface area contributed by atoms with Gasteiger partial charge in [-0.2, -0.15) is 26.3 Å². The largest absolute Gasteiger partial charge is 0.743 e. The van der Waals surface area contributed by atoms with Gasteiger partial charge in [-0.15, -0.1) is 0 Å². The van der Waals surface area contributed by atoms with Gasteiger partial charge in [0, 0.05) is 78.6 Å². The van der Waals surface area contributed by atoms with Gasteiger partial charge in [0.15, 0.2) is 11.4 Å². The van der Waals surface area contributed by atoms with Crippen molar-refractivity contribution in [1.29, 1.82) is 0 Å². The van der Waals surface area contributed by atoms with Gasteiger partial charge in [-0.05, 0) is 126 Å². The number of hydrogen-bond acceptors (Lipinski definition) is 17. The predicted octanol–water partition coefficient (Wildman–Crippen LogP) is 15.0. The lowest BCUT2D eigenvalue weighted by atomic mass is 10.1. The van der Waals surface area contributed by atoms with Crippen LogP contribution in [0.4, 0.5) is 37.7 Å². The zero-order valence-corrected chi connectivity index (χ0v) is 59.6. The van der Waals surface area contributed by atoms with Crippen LogP contribution < -0.4 is 32.2 Å². The number of aryl methyl sites for hydroxylation is 6. The molecule has 6 radical (unpaired) electrons. The SMILES string of the molecule is COc1cc(C)nc2c([O][Al][O][Al][O]c3cccc4c(OC)cc(C)nc34)cccc12.Cc1ccc2cc(C(F)(F)F)cc([O][Al][O][Al][O]c3cc(C(F)(F)F)cc4ccc(C)nc34)c2n1.[C-]#[N+]c1ccc([O][Al][O][Al][O]c2ccc([N+]#[C-])c3ccc(C)nc23)c2nc(C)ccc12. The number of halogens is 6. The van der Waals surface area contributed by atoms with Gasteiger partial charge in [-0.3, -0.25) is 9.97 Å². The molecule has 478 valence electrons. The number of ether oxygens (including phenoxy) is 2. The third-order valence-corrected chi connectivity index (χ3v) is 18.9. The van der Waals surface area contributed by atoms with Gasteiger partial charge in [0.1, 0.15) is 68.1 Å². The molecule has 0 N–H and O–H groups in total. The Bertz CT molecular complexity index is 4690. The van der Waals surface area contributed by atoms with Crippen LogP contribution in [0.3, 0.4) is 0 Å². The number of nitrogens with zero attached hydrogens (tertiary/aromatic N) is 8. The molecule has 6 heterocycles. The van der Waals surface area contributed by atoms with Crippen molar-refractivity contribution in [2.45, 2.75) is 53.9 Å². The van der Waals surface area contributed by atoms with E-state index >= 15 is 0 Å². The first-order valence-corrected chi connectivity index (χ1v) is 34.6. The number of para-hydroxylation sites is 2. The molecule has 12 aromatic rings. The van der Waals surface area contributed by atoms with E-state index in [-0.39, 0.29) is 33.3 Å². The maximum Gasteiger partial charge on any atom is 0.743 e. The number of rotatable bonds is 20. The molecular weight excluding hydrogens is 1360 g/mol. The Morgan fingerprint density at radius 3 is 0.969 bits per heavy atom. The molecule has 0 saturated carbocycles. The van der Waals surface area contributed by atoms with Crippen LogP contribution in [0, 0.1) is 54.7 Å². The highest BCUT2D eigenvalue weighted by atomic mass is 27.3. The van der Waals surface area contributed by atoms with E-state index < -0.39 is 119 Å². The van der Waals surface area contributed by atoms with Gasteiger partial charge in [0.05, 0.1) is 49.5 Å². The fourth-order valence-electron chi connectivity index (χ4n) is 9.74. The van der Waals surface area contributed by atoms with Crippen LogP contribution in [0.1, 0.15) is 45.3 Å². The Kier molecular flexibility index (Phi) is 23.9. The molecule has 0 spiro atoms. The number of alkyl halides is 6. The molecule has 0 saturated heterocycles. The fourth-order valence-corrected chi connectivity index (χ4v) is 13.4. The monoisotopic (exact) mass is 1400 g/mol. The van der Waals surface area contributed by atoms with Gasteiger partial charge < -0.3 is 40.7 Å². The van der Waals surface area contributed by atoms with Crippen LogP contribution >= 0.6 is 0 Å². The highest BCUT2D eigenvalue weighted by Crippen LogP contribution is 2.40. The normalized spacial score (nSPS) is 11.1. The molecule has 0 amide bonds. The summed E-state index contributed by atoms with van der Waals surface area (Å²) in [6.07, 6.45) is -9.17. The minimum Gasteiger partial charge on any atom is -0.626 e. The number of pyridine rings is 6. The van der Waals surface area contributed by atoms with Gasteiger partial charge in [0.2, 0.25) is 0 Å². The van der Waals surface area contributed by atoms with Gasteiger partial charge in [-0.25, -0.2) is 29.6 Å². The first-order chi connectivity index (χ1) is 46.6. The van der Waals surface area contributed by atoms with Crippen molar-refractivity contribution in [3.05, 3.63) is 214 Å². The van der Waals surface area contributed by atoms with E-state index in [1.807, 2.05) is 100 Å². The van der Waals surface area contributed by atoms with Crippen LogP contribution in [-0.2, 0) is 20.9 Å². The Morgan fingerprint density at radius 2 is 0.629 bits per heavy atom. The predicted molar refractivity (Wildman–Crippen MR) is 356 cm³/mol.